The number of hydrogen-bond donors (Lipinski definition) is 1. The van der Waals surface area contributed by atoms with E-state index in [2.05, 4.69) is 28.2 Å². The van der Waals surface area contributed by atoms with Crippen molar-refractivity contribution < 1.29 is 9.13 Å². The zero-order valence-corrected chi connectivity index (χ0v) is 13.1. The zero-order valence-electron chi connectivity index (χ0n) is 11.5. The molecule has 1 saturated carbocycles. The van der Waals surface area contributed by atoms with Gasteiger partial charge in [-0.25, -0.2) is 4.39 Å². The first-order valence-electron chi connectivity index (χ1n) is 6.84. The molecule has 1 aromatic carbocycles. The van der Waals surface area contributed by atoms with Crippen LogP contribution in [0.15, 0.2) is 22.7 Å². The Morgan fingerprint density at radius 3 is 2.74 bits per heavy atom. The summed E-state index contributed by atoms with van der Waals surface area (Å²) in [5.41, 5.74) is 0.619. The molecule has 1 fully saturated rings. The van der Waals surface area contributed by atoms with Gasteiger partial charge >= 0.3 is 0 Å². The van der Waals surface area contributed by atoms with E-state index < -0.39 is 0 Å². The molecule has 2 nitrogen and oxygen atoms in total. The molecule has 1 aliphatic rings. The lowest BCUT2D eigenvalue weighted by atomic mass is 9.72. The summed E-state index contributed by atoms with van der Waals surface area (Å²) < 4.78 is 20.5. The van der Waals surface area contributed by atoms with Gasteiger partial charge in [-0.3, -0.25) is 0 Å². The predicted molar refractivity (Wildman–Crippen MR) is 78.9 cm³/mol. The van der Waals surface area contributed by atoms with Gasteiger partial charge in [0.05, 0.1) is 5.60 Å². The van der Waals surface area contributed by atoms with Gasteiger partial charge in [0, 0.05) is 17.6 Å². The minimum atomic E-state index is -0.142. The molecule has 19 heavy (non-hydrogen) atoms. The van der Waals surface area contributed by atoms with E-state index in [0.717, 1.165) is 29.4 Å². The van der Waals surface area contributed by atoms with Crippen molar-refractivity contribution in [1.29, 1.82) is 0 Å². The van der Waals surface area contributed by atoms with Crippen LogP contribution >= 0.6 is 15.9 Å². The molecular weight excluding hydrogens is 309 g/mol. The fraction of sp³-hybridized carbons (Fsp3) is 0.600. The molecule has 1 unspecified atom stereocenters. The van der Waals surface area contributed by atoms with Gasteiger partial charge in [-0.15, -0.1) is 0 Å². The molecule has 0 aromatic heterocycles. The van der Waals surface area contributed by atoms with Crippen LogP contribution < -0.4 is 5.32 Å². The number of likely N-dealkylation sites (N-methyl/N-ethyl adjacent to an activating group) is 1. The van der Waals surface area contributed by atoms with Crippen molar-refractivity contribution in [3.8, 4) is 0 Å². The minimum absolute atomic E-state index is 0.120. The van der Waals surface area contributed by atoms with Crippen LogP contribution in [0.5, 0.6) is 0 Å². The van der Waals surface area contributed by atoms with Crippen molar-refractivity contribution in [2.75, 3.05) is 13.7 Å². The first-order valence-corrected chi connectivity index (χ1v) is 7.63. The monoisotopic (exact) mass is 329 g/mol. The molecule has 1 N–H and O–H groups in total. The number of benzene rings is 1. The summed E-state index contributed by atoms with van der Waals surface area (Å²) in [6.07, 6.45) is 3.96. The Balaban J connectivity index is 2.18. The second-order valence-electron chi connectivity index (χ2n) is 5.17. The van der Waals surface area contributed by atoms with Crippen LogP contribution in [0.25, 0.3) is 0 Å². The number of hydrogen-bond acceptors (Lipinski definition) is 2. The van der Waals surface area contributed by atoms with Crippen molar-refractivity contribution in [3.05, 3.63) is 34.1 Å². The zero-order chi connectivity index (χ0) is 13.9. The van der Waals surface area contributed by atoms with E-state index in [1.165, 1.54) is 12.5 Å². The molecule has 0 aliphatic heterocycles. The molecule has 106 valence electrons. The number of ether oxygens (including phenoxy) is 1. The molecule has 0 heterocycles. The Kier molecular flexibility index (Phi) is 4.98. The molecule has 0 radical (unpaired) electrons. The maximum atomic E-state index is 13.9. The maximum Gasteiger partial charge on any atom is 0.126 e. The van der Waals surface area contributed by atoms with Gasteiger partial charge in [-0.05, 0) is 56.0 Å². The Labute approximate surface area is 122 Å². The smallest absolute Gasteiger partial charge is 0.126 e. The van der Waals surface area contributed by atoms with E-state index in [4.69, 9.17) is 4.74 Å². The highest BCUT2D eigenvalue weighted by molar-refractivity contribution is 9.10. The van der Waals surface area contributed by atoms with Crippen LogP contribution in [0, 0.1) is 5.82 Å². The Morgan fingerprint density at radius 1 is 1.47 bits per heavy atom. The average molecular weight is 330 g/mol. The Bertz CT molecular complexity index is 429. The first kappa shape index (κ1) is 14.9. The van der Waals surface area contributed by atoms with Crippen molar-refractivity contribution in [2.45, 2.75) is 44.2 Å². The van der Waals surface area contributed by atoms with Gasteiger partial charge in [0.15, 0.2) is 0 Å². The van der Waals surface area contributed by atoms with Crippen molar-refractivity contribution >= 4 is 15.9 Å². The second-order valence-corrected chi connectivity index (χ2v) is 6.09. The van der Waals surface area contributed by atoms with Crippen LogP contribution in [-0.2, 0) is 11.2 Å². The maximum absolute atomic E-state index is 13.9. The van der Waals surface area contributed by atoms with E-state index in [9.17, 15) is 4.39 Å². The van der Waals surface area contributed by atoms with E-state index in [1.807, 2.05) is 6.07 Å². The molecule has 1 aromatic rings. The fourth-order valence-electron chi connectivity index (χ4n) is 2.83. The lowest BCUT2D eigenvalue weighted by Crippen LogP contribution is -2.57. The van der Waals surface area contributed by atoms with E-state index in [0.29, 0.717) is 6.42 Å². The third-order valence-corrected chi connectivity index (χ3v) is 4.62. The highest BCUT2D eigenvalue weighted by Crippen LogP contribution is 2.39. The molecule has 0 amide bonds. The van der Waals surface area contributed by atoms with Crippen LogP contribution in [0.1, 0.15) is 31.7 Å². The lowest BCUT2D eigenvalue weighted by Gasteiger charge is -2.47. The van der Waals surface area contributed by atoms with Crippen LogP contribution in [0.3, 0.4) is 0 Å². The van der Waals surface area contributed by atoms with E-state index in [-0.39, 0.29) is 17.5 Å². The van der Waals surface area contributed by atoms with Gasteiger partial charge in [-0.1, -0.05) is 22.9 Å². The minimum Gasteiger partial charge on any atom is -0.377 e. The highest BCUT2D eigenvalue weighted by Gasteiger charge is 2.44. The summed E-state index contributed by atoms with van der Waals surface area (Å²) in [4.78, 5) is 0. The SMILES string of the molecule is CCNC(Cc1cc(Br)ccc1F)C1(OC)CCC1. The normalized spacial score (nSPS) is 18.9. The van der Waals surface area contributed by atoms with Crippen LogP contribution in [-0.4, -0.2) is 25.3 Å². The van der Waals surface area contributed by atoms with Gasteiger partial charge in [0.25, 0.3) is 0 Å². The summed E-state index contributed by atoms with van der Waals surface area (Å²) in [6.45, 7) is 2.94. The predicted octanol–water partition coefficient (Wildman–Crippen LogP) is 3.68. The lowest BCUT2D eigenvalue weighted by molar-refractivity contribution is -0.0979. The Hall–Kier alpha value is -0.450. The standard InChI is InChI=1S/C15H21BrFNO/c1-3-18-14(15(19-2)7-4-8-15)10-11-9-12(16)5-6-13(11)17/h5-6,9,14,18H,3-4,7-8,10H2,1-2H3. The molecular formula is C15H21BrFNO. The number of methoxy groups -OCH3 is 1. The third-order valence-electron chi connectivity index (χ3n) is 4.12. The summed E-state index contributed by atoms with van der Waals surface area (Å²) in [6, 6.07) is 5.28. The van der Waals surface area contributed by atoms with Crippen molar-refractivity contribution in [1.82, 2.24) is 5.32 Å². The van der Waals surface area contributed by atoms with Crippen LogP contribution in [0.2, 0.25) is 0 Å². The quantitative estimate of drug-likeness (QED) is 0.859. The molecule has 1 atom stereocenters. The molecule has 1 aliphatic carbocycles. The molecule has 0 bridgehead atoms. The van der Waals surface area contributed by atoms with Gasteiger partial charge in [-0.2, -0.15) is 0 Å². The number of rotatable bonds is 6. The average Bonchev–Trinajstić information content (AvgIpc) is 2.33. The second kappa shape index (κ2) is 6.33. The number of nitrogens with one attached hydrogen (secondary N) is 1. The largest absolute Gasteiger partial charge is 0.377 e. The molecule has 4 heteroatoms. The van der Waals surface area contributed by atoms with Gasteiger partial charge < -0.3 is 10.1 Å². The van der Waals surface area contributed by atoms with Crippen molar-refractivity contribution in [3.63, 3.8) is 0 Å². The first-order chi connectivity index (χ1) is 9.11. The summed E-state index contributed by atoms with van der Waals surface area (Å²) in [7, 11) is 1.76. The fourth-order valence-corrected chi connectivity index (χ4v) is 3.24. The summed E-state index contributed by atoms with van der Waals surface area (Å²) in [5.74, 6) is -0.142. The molecule has 2 rings (SSSR count). The van der Waals surface area contributed by atoms with E-state index >= 15 is 0 Å². The number of halogens is 2. The summed E-state index contributed by atoms with van der Waals surface area (Å²) in [5, 5.41) is 3.46. The third kappa shape index (κ3) is 3.18. The van der Waals surface area contributed by atoms with Gasteiger partial charge in [0.2, 0.25) is 0 Å². The van der Waals surface area contributed by atoms with Crippen molar-refractivity contribution in [2.24, 2.45) is 0 Å². The molecule has 0 saturated heterocycles. The van der Waals surface area contributed by atoms with E-state index in [1.54, 1.807) is 13.2 Å². The highest BCUT2D eigenvalue weighted by atomic mass is 79.9. The van der Waals surface area contributed by atoms with Crippen LogP contribution in [0.4, 0.5) is 4.39 Å². The Morgan fingerprint density at radius 2 is 2.21 bits per heavy atom. The topological polar surface area (TPSA) is 21.3 Å². The van der Waals surface area contributed by atoms with Gasteiger partial charge in [0.1, 0.15) is 5.82 Å². The summed E-state index contributed by atoms with van der Waals surface area (Å²) >= 11 is 3.41. The molecule has 0 spiro atoms.